The number of aryl methyl sites for hydroxylation is 2. The molecule has 0 saturated carbocycles. The van der Waals surface area contributed by atoms with E-state index in [0.29, 0.717) is 24.9 Å². The lowest BCUT2D eigenvalue weighted by atomic mass is 9.99. The van der Waals surface area contributed by atoms with Gasteiger partial charge in [-0.25, -0.2) is 18.8 Å². The number of fused-ring (bicyclic) bond motifs is 3. The lowest BCUT2D eigenvalue weighted by molar-refractivity contribution is 0.260. The fourth-order valence-corrected chi connectivity index (χ4v) is 5.85. The number of hydrogen-bond acceptors (Lipinski definition) is 4. The number of nitrogens with two attached hydrogens (primary N) is 1. The van der Waals surface area contributed by atoms with Gasteiger partial charge in [0.2, 0.25) is 5.88 Å². The van der Waals surface area contributed by atoms with E-state index >= 15 is 0 Å². The predicted octanol–water partition coefficient (Wildman–Crippen LogP) is 3.21. The van der Waals surface area contributed by atoms with Crippen LogP contribution >= 0.6 is 0 Å². The lowest BCUT2D eigenvalue weighted by Gasteiger charge is -2.15. The third-order valence-electron chi connectivity index (χ3n) is 6.33. The molecule has 1 aromatic carbocycles. The number of carbonyl (C=O) groups excluding carboxylic acids is 1. The van der Waals surface area contributed by atoms with Gasteiger partial charge in [-0.1, -0.05) is 13.0 Å². The fourth-order valence-electron chi connectivity index (χ4n) is 4.85. The van der Waals surface area contributed by atoms with Gasteiger partial charge in [0.05, 0.1) is 12.8 Å². The number of rotatable bonds is 2. The van der Waals surface area contributed by atoms with Gasteiger partial charge in [0.25, 0.3) is 0 Å². The van der Waals surface area contributed by atoms with Crippen molar-refractivity contribution in [3.63, 3.8) is 0 Å². The van der Waals surface area contributed by atoms with Gasteiger partial charge in [0, 0.05) is 12.2 Å². The molecule has 1 aliphatic heterocycles. The second kappa shape index (κ2) is 7.39. The first-order valence-corrected chi connectivity index (χ1v) is 12.2. The average molecular weight is 430 g/mol. The molecule has 2 amide bonds. The standard InChI is InChI=1S/C21H27N5O3S/c1-13-8-9-29-20-18(11-23-26(20)12-13)30(22,28)25-21(27)24-19-16-6-2-4-14(16)10-15-5-3-7-17(15)19/h10-11,13H,2-9,12H2,1H3,(H3,22,24,25,27,28). The zero-order valence-corrected chi connectivity index (χ0v) is 18.0. The molecule has 0 saturated heterocycles. The Kier molecular flexibility index (Phi) is 4.82. The number of ether oxygens (including phenoxy) is 1. The Morgan fingerprint density at radius 1 is 1.27 bits per heavy atom. The van der Waals surface area contributed by atoms with Gasteiger partial charge >= 0.3 is 6.03 Å². The molecule has 9 heteroatoms. The lowest BCUT2D eigenvalue weighted by Crippen LogP contribution is -2.19. The molecule has 2 unspecified atom stereocenters. The van der Waals surface area contributed by atoms with Crippen molar-refractivity contribution in [3.8, 4) is 5.88 Å². The molecule has 0 spiro atoms. The predicted molar refractivity (Wildman–Crippen MR) is 114 cm³/mol. The summed E-state index contributed by atoms with van der Waals surface area (Å²) >= 11 is 0. The Labute approximate surface area is 176 Å². The smallest absolute Gasteiger partial charge is 0.354 e. The van der Waals surface area contributed by atoms with E-state index in [1.54, 1.807) is 4.68 Å². The first kappa shape index (κ1) is 19.6. The Hall–Kier alpha value is -2.39. The molecule has 0 radical (unpaired) electrons. The van der Waals surface area contributed by atoms with Crippen LogP contribution in [0.2, 0.25) is 0 Å². The van der Waals surface area contributed by atoms with Gasteiger partial charge in [0.1, 0.15) is 4.90 Å². The second-order valence-electron chi connectivity index (χ2n) is 8.56. The molecule has 3 aliphatic rings. The Morgan fingerprint density at radius 3 is 2.67 bits per heavy atom. The summed E-state index contributed by atoms with van der Waals surface area (Å²) in [6.45, 7) is 3.25. The number of amides is 2. The van der Waals surface area contributed by atoms with E-state index in [2.05, 4.69) is 27.8 Å². The number of hydrogen-bond donors (Lipinski definition) is 2. The van der Waals surface area contributed by atoms with Crippen LogP contribution in [0.25, 0.3) is 0 Å². The minimum Gasteiger partial charge on any atom is -0.477 e. The molecular weight excluding hydrogens is 402 g/mol. The average Bonchev–Trinajstić information content (AvgIpc) is 3.39. The van der Waals surface area contributed by atoms with Crippen molar-refractivity contribution in [2.24, 2.45) is 15.4 Å². The Bertz CT molecular complexity index is 1110. The molecule has 5 rings (SSSR count). The quantitative estimate of drug-likeness (QED) is 0.763. The minimum atomic E-state index is -3.48. The molecule has 0 fully saturated rings. The maximum Gasteiger partial charge on any atom is 0.354 e. The van der Waals surface area contributed by atoms with Crippen molar-refractivity contribution in [3.05, 3.63) is 34.5 Å². The van der Waals surface area contributed by atoms with Crippen molar-refractivity contribution in [1.82, 2.24) is 9.78 Å². The van der Waals surface area contributed by atoms with Crippen molar-refractivity contribution in [1.29, 1.82) is 0 Å². The molecule has 3 N–H and O–H groups in total. The van der Waals surface area contributed by atoms with E-state index < -0.39 is 15.9 Å². The SMILES string of the molecule is CC1CCOc2c(S(N)(=O)=NC(=O)Nc3c4c(cc5c3CCC5)CCC4)cnn2C1. The number of urea groups is 1. The number of nitrogens with one attached hydrogen (secondary N) is 1. The van der Waals surface area contributed by atoms with Gasteiger partial charge in [-0.15, -0.1) is 4.36 Å². The first-order chi connectivity index (χ1) is 14.4. The van der Waals surface area contributed by atoms with Crippen LogP contribution in [0.1, 0.15) is 48.4 Å². The molecule has 8 nitrogen and oxygen atoms in total. The molecule has 1 aromatic heterocycles. The van der Waals surface area contributed by atoms with E-state index in [4.69, 9.17) is 9.88 Å². The summed E-state index contributed by atoms with van der Waals surface area (Å²) in [7, 11) is -3.48. The highest BCUT2D eigenvalue weighted by Crippen LogP contribution is 2.38. The van der Waals surface area contributed by atoms with E-state index in [-0.39, 0.29) is 4.90 Å². The van der Waals surface area contributed by atoms with Gasteiger partial charge < -0.3 is 10.1 Å². The molecule has 2 aliphatic carbocycles. The largest absolute Gasteiger partial charge is 0.477 e. The normalized spacial score (nSPS) is 21.6. The van der Waals surface area contributed by atoms with Crippen LogP contribution in [0, 0.1) is 5.92 Å². The van der Waals surface area contributed by atoms with Crippen molar-refractivity contribution >= 4 is 21.6 Å². The summed E-state index contributed by atoms with van der Waals surface area (Å²) in [6, 6.07) is 1.61. The monoisotopic (exact) mass is 429 g/mol. The summed E-state index contributed by atoms with van der Waals surface area (Å²) < 4.78 is 24.5. The van der Waals surface area contributed by atoms with Crippen LogP contribution in [-0.2, 0) is 42.1 Å². The Morgan fingerprint density at radius 2 is 1.97 bits per heavy atom. The molecule has 2 heterocycles. The summed E-state index contributed by atoms with van der Waals surface area (Å²) in [5.74, 6) is 0.736. The van der Waals surface area contributed by atoms with Crippen LogP contribution in [0.5, 0.6) is 5.88 Å². The van der Waals surface area contributed by atoms with Gasteiger partial charge in [-0.05, 0) is 73.1 Å². The van der Waals surface area contributed by atoms with E-state index in [1.807, 2.05) is 0 Å². The van der Waals surface area contributed by atoms with E-state index in [1.165, 1.54) is 28.5 Å². The molecule has 0 bridgehead atoms. The van der Waals surface area contributed by atoms with E-state index in [9.17, 15) is 9.00 Å². The maximum atomic E-state index is 13.2. The Balaban J connectivity index is 1.47. The van der Waals surface area contributed by atoms with Crippen molar-refractivity contribution in [2.45, 2.75) is 63.3 Å². The molecule has 30 heavy (non-hydrogen) atoms. The third-order valence-corrected chi connectivity index (χ3v) is 7.68. The highest BCUT2D eigenvalue weighted by Gasteiger charge is 2.27. The molecule has 2 aromatic rings. The van der Waals surface area contributed by atoms with Gasteiger partial charge in [0.15, 0.2) is 9.92 Å². The van der Waals surface area contributed by atoms with Gasteiger partial charge in [-0.3, -0.25) is 0 Å². The highest BCUT2D eigenvalue weighted by molar-refractivity contribution is 7.91. The third kappa shape index (κ3) is 3.39. The number of benzene rings is 1. The summed E-state index contributed by atoms with van der Waals surface area (Å²) in [4.78, 5) is 13.0. The summed E-state index contributed by atoms with van der Waals surface area (Å²) in [5, 5.41) is 13.2. The van der Waals surface area contributed by atoms with Crippen LogP contribution in [0.4, 0.5) is 10.5 Å². The second-order valence-corrected chi connectivity index (χ2v) is 10.3. The number of aromatic nitrogens is 2. The number of nitrogens with zero attached hydrogens (tertiary/aromatic N) is 3. The van der Waals surface area contributed by atoms with Crippen molar-refractivity contribution < 1.29 is 13.7 Å². The zero-order valence-electron chi connectivity index (χ0n) is 17.1. The zero-order chi connectivity index (χ0) is 20.9. The first-order valence-electron chi connectivity index (χ1n) is 10.6. The molecule has 2 atom stereocenters. The van der Waals surface area contributed by atoms with E-state index in [0.717, 1.165) is 50.6 Å². The maximum absolute atomic E-state index is 13.2. The van der Waals surface area contributed by atoms with Gasteiger partial charge in [-0.2, -0.15) is 5.10 Å². The summed E-state index contributed by atoms with van der Waals surface area (Å²) in [5.41, 5.74) is 5.87. The number of carbonyl (C=O) groups is 1. The van der Waals surface area contributed by atoms with Crippen LogP contribution < -0.4 is 15.2 Å². The van der Waals surface area contributed by atoms with Crippen LogP contribution in [0.3, 0.4) is 0 Å². The van der Waals surface area contributed by atoms with Crippen molar-refractivity contribution in [2.75, 3.05) is 11.9 Å². The molecule has 160 valence electrons. The van der Waals surface area contributed by atoms with Crippen LogP contribution in [0.15, 0.2) is 21.5 Å². The number of anilines is 1. The minimum absolute atomic E-state index is 0.176. The van der Waals surface area contributed by atoms with Crippen LogP contribution in [-0.4, -0.2) is 26.6 Å². The highest BCUT2D eigenvalue weighted by atomic mass is 32.2. The molecular formula is C21H27N5O3S. The topological polar surface area (TPSA) is 112 Å². The summed E-state index contributed by atoms with van der Waals surface area (Å²) in [6.07, 6.45) is 8.41. The fraction of sp³-hybridized carbons (Fsp3) is 0.524.